The smallest absolute Gasteiger partial charge is 0.346 e. The van der Waals surface area contributed by atoms with Crippen molar-refractivity contribution in [2.45, 2.75) is 34.6 Å². The number of hydrogen-bond acceptors (Lipinski definition) is 4. The summed E-state index contributed by atoms with van der Waals surface area (Å²) in [4.78, 5) is 17.3. The number of rotatable bonds is 1. The third-order valence-electron chi connectivity index (χ3n) is 4.89. The summed E-state index contributed by atoms with van der Waals surface area (Å²) in [5, 5.41) is 1.66. The van der Waals surface area contributed by atoms with Crippen molar-refractivity contribution in [3.8, 4) is 10.6 Å². The van der Waals surface area contributed by atoms with E-state index in [4.69, 9.17) is 9.40 Å². The number of hydrogen-bond donors (Lipinski definition) is 0. The van der Waals surface area contributed by atoms with Crippen LogP contribution in [0.1, 0.15) is 27.8 Å². The molecule has 0 aliphatic heterocycles. The molecule has 25 heavy (non-hydrogen) atoms. The lowest BCUT2D eigenvalue weighted by Crippen LogP contribution is -2.04. The fraction of sp³-hybridized carbons (Fsp3) is 0.238. The van der Waals surface area contributed by atoms with Gasteiger partial charge in [-0.3, -0.25) is 0 Å². The van der Waals surface area contributed by atoms with E-state index in [2.05, 4.69) is 45.9 Å². The van der Waals surface area contributed by atoms with Crippen LogP contribution in [0.4, 0.5) is 0 Å². The average molecular weight is 349 g/mol. The van der Waals surface area contributed by atoms with Gasteiger partial charge in [0.25, 0.3) is 0 Å². The number of nitrogens with zero attached hydrogens (tertiary/aromatic N) is 1. The first-order chi connectivity index (χ1) is 11.8. The normalized spacial score (nSPS) is 11.6. The molecule has 0 radical (unpaired) electrons. The Hall–Kier alpha value is -2.46. The highest BCUT2D eigenvalue weighted by molar-refractivity contribution is 7.21. The zero-order valence-electron chi connectivity index (χ0n) is 15.0. The van der Waals surface area contributed by atoms with Crippen molar-refractivity contribution in [1.29, 1.82) is 0 Å². The van der Waals surface area contributed by atoms with E-state index >= 15 is 0 Å². The van der Waals surface area contributed by atoms with Gasteiger partial charge in [0.05, 0.1) is 15.8 Å². The lowest BCUT2D eigenvalue weighted by Gasteiger charge is -2.08. The van der Waals surface area contributed by atoms with E-state index in [0.717, 1.165) is 31.7 Å². The van der Waals surface area contributed by atoms with E-state index in [9.17, 15) is 4.79 Å². The highest BCUT2D eigenvalue weighted by Crippen LogP contribution is 2.33. The first kappa shape index (κ1) is 16.0. The fourth-order valence-electron chi connectivity index (χ4n) is 3.34. The molecule has 0 aliphatic rings. The van der Waals surface area contributed by atoms with Crippen LogP contribution in [0.3, 0.4) is 0 Å². The molecule has 0 saturated heterocycles. The van der Waals surface area contributed by atoms with Crippen LogP contribution in [0.15, 0.2) is 33.5 Å². The SMILES string of the molecule is Cc1cc(C)c2sc(-c3cc4cc(C)c(C)c(C)c4oc3=O)nc2c1. The molecule has 0 saturated carbocycles. The second-order valence-corrected chi connectivity index (χ2v) is 7.76. The maximum Gasteiger partial charge on any atom is 0.346 e. The van der Waals surface area contributed by atoms with Gasteiger partial charge in [-0.05, 0) is 80.6 Å². The van der Waals surface area contributed by atoms with E-state index in [1.54, 1.807) is 11.3 Å². The highest BCUT2D eigenvalue weighted by atomic mass is 32.1. The molecule has 0 aliphatic carbocycles. The van der Waals surface area contributed by atoms with E-state index < -0.39 is 0 Å². The second kappa shape index (κ2) is 5.53. The van der Waals surface area contributed by atoms with Crippen molar-refractivity contribution in [1.82, 2.24) is 4.98 Å². The summed E-state index contributed by atoms with van der Waals surface area (Å²) >= 11 is 1.55. The minimum Gasteiger partial charge on any atom is -0.422 e. The van der Waals surface area contributed by atoms with Crippen LogP contribution in [-0.4, -0.2) is 4.98 Å². The van der Waals surface area contributed by atoms with Crippen molar-refractivity contribution < 1.29 is 4.42 Å². The number of aryl methyl sites for hydroxylation is 4. The second-order valence-electron chi connectivity index (χ2n) is 6.76. The van der Waals surface area contributed by atoms with Gasteiger partial charge in [-0.25, -0.2) is 9.78 Å². The molecule has 4 aromatic rings. The van der Waals surface area contributed by atoms with Gasteiger partial charge in [0.1, 0.15) is 10.6 Å². The average Bonchev–Trinajstić information content (AvgIpc) is 2.97. The Bertz CT molecular complexity index is 1210. The summed E-state index contributed by atoms with van der Waals surface area (Å²) in [7, 11) is 0. The van der Waals surface area contributed by atoms with E-state index in [-0.39, 0.29) is 5.63 Å². The maximum atomic E-state index is 12.6. The summed E-state index contributed by atoms with van der Waals surface area (Å²) in [6.07, 6.45) is 0. The Morgan fingerprint density at radius 1 is 0.920 bits per heavy atom. The fourth-order valence-corrected chi connectivity index (χ4v) is 4.35. The van der Waals surface area contributed by atoms with Crippen LogP contribution >= 0.6 is 11.3 Å². The van der Waals surface area contributed by atoms with Crippen molar-refractivity contribution in [2.75, 3.05) is 0 Å². The highest BCUT2D eigenvalue weighted by Gasteiger charge is 2.16. The van der Waals surface area contributed by atoms with Crippen molar-refractivity contribution in [3.05, 3.63) is 62.5 Å². The van der Waals surface area contributed by atoms with Crippen LogP contribution in [0.25, 0.3) is 31.8 Å². The van der Waals surface area contributed by atoms with Crippen molar-refractivity contribution >= 4 is 32.5 Å². The lowest BCUT2D eigenvalue weighted by atomic mass is 10.0. The first-order valence-corrected chi connectivity index (χ1v) is 9.09. The lowest BCUT2D eigenvalue weighted by molar-refractivity contribution is 0.560. The predicted molar refractivity (Wildman–Crippen MR) is 105 cm³/mol. The molecule has 0 fully saturated rings. The van der Waals surface area contributed by atoms with Gasteiger partial charge in [0.2, 0.25) is 0 Å². The third kappa shape index (κ3) is 2.48. The van der Waals surface area contributed by atoms with Crippen LogP contribution in [0.5, 0.6) is 0 Å². The summed E-state index contributed by atoms with van der Waals surface area (Å²) in [6, 6.07) is 8.19. The first-order valence-electron chi connectivity index (χ1n) is 8.28. The number of fused-ring (bicyclic) bond motifs is 2. The Kier molecular flexibility index (Phi) is 3.55. The number of aromatic nitrogens is 1. The Labute approximate surface area is 150 Å². The van der Waals surface area contributed by atoms with Crippen LogP contribution < -0.4 is 5.63 Å². The molecular formula is C21H19NO2S. The molecule has 2 aromatic carbocycles. The van der Waals surface area contributed by atoms with Crippen LogP contribution in [0, 0.1) is 34.6 Å². The van der Waals surface area contributed by atoms with Crippen LogP contribution in [0.2, 0.25) is 0 Å². The molecule has 0 atom stereocenters. The molecule has 0 bridgehead atoms. The molecule has 4 heteroatoms. The molecule has 2 aromatic heterocycles. The summed E-state index contributed by atoms with van der Waals surface area (Å²) in [5.74, 6) is 0. The van der Waals surface area contributed by atoms with Crippen LogP contribution in [-0.2, 0) is 0 Å². The Morgan fingerprint density at radius 2 is 1.68 bits per heavy atom. The van der Waals surface area contributed by atoms with Gasteiger partial charge >= 0.3 is 5.63 Å². The zero-order valence-corrected chi connectivity index (χ0v) is 15.8. The standard InChI is InChI=1S/C21H19NO2S/c1-10-6-12(3)19-17(7-10)22-20(25-19)16-9-15-8-11(2)13(4)14(5)18(15)24-21(16)23/h6-9H,1-5H3. The quantitative estimate of drug-likeness (QED) is 0.419. The summed E-state index contributed by atoms with van der Waals surface area (Å²) in [6.45, 7) is 10.3. The zero-order chi connectivity index (χ0) is 17.9. The molecule has 0 unspecified atom stereocenters. The molecule has 3 nitrogen and oxygen atoms in total. The number of thiazole rings is 1. The molecule has 4 rings (SSSR count). The van der Waals surface area contributed by atoms with Crippen molar-refractivity contribution in [2.24, 2.45) is 0 Å². The van der Waals surface area contributed by atoms with Crippen molar-refractivity contribution in [3.63, 3.8) is 0 Å². The minimum atomic E-state index is -0.327. The molecule has 0 amide bonds. The topological polar surface area (TPSA) is 43.1 Å². The van der Waals surface area contributed by atoms with E-state index in [1.165, 1.54) is 16.7 Å². The largest absolute Gasteiger partial charge is 0.422 e. The molecular weight excluding hydrogens is 330 g/mol. The van der Waals surface area contributed by atoms with Gasteiger partial charge in [-0.15, -0.1) is 11.3 Å². The van der Waals surface area contributed by atoms with E-state index in [1.807, 2.05) is 13.0 Å². The monoisotopic (exact) mass is 349 g/mol. The summed E-state index contributed by atoms with van der Waals surface area (Å²) < 4.78 is 6.80. The number of benzene rings is 2. The molecule has 0 N–H and O–H groups in total. The van der Waals surface area contributed by atoms with Gasteiger partial charge in [0.15, 0.2) is 0 Å². The predicted octanol–water partition coefficient (Wildman–Crippen LogP) is 5.61. The Morgan fingerprint density at radius 3 is 2.44 bits per heavy atom. The molecule has 0 spiro atoms. The molecule has 126 valence electrons. The van der Waals surface area contributed by atoms with Gasteiger partial charge in [0, 0.05) is 5.39 Å². The third-order valence-corrected chi connectivity index (χ3v) is 6.13. The minimum absolute atomic E-state index is 0.327. The van der Waals surface area contributed by atoms with E-state index in [0.29, 0.717) is 11.1 Å². The van der Waals surface area contributed by atoms with Gasteiger partial charge in [-0.2, -0.15) is 0 Å². The maximum absolute atomic E-state index is 12.6. The summed E-state index contributed by atoms with van der Waals surface area (Å²) in [5.41, 5.74) is 7.56. The Balaban J connectivity index is 2.01. The van der Waals surface area contributed by atoms with Gasteiger partial charge < -0.3 is 4.42 Å². The molecule has 2 heterocycles. The van der Waals surface area contributed by atoms with Gasteiger partial charge in [-0.1, -0.05) is 6.07 Å².